The summed E-state index contributed by atoms with van der Waals surface area (Å²) in [7, 11) is 0. The van der Waals surface area contributed by atoms with Crippen LogP contribution in [0.4, 0.5) is 4.39 Å². The molecule has 3 unspecified atom stereocenters. The van der Waals surface area contributed by atoms with E-state index in [1.54, 1.807) is 6.92 Å². The number of rotatable bonds is 3. The molecule has 1 heterocycles. The van der Waals surface area contributed by atoms with Crippen LogP contribution in [-0.2, 0) is 14.3 Å². The van der Waals surface area contributed by atoms with Crippen LogP contribution in [0.1, 0.15) is 20.3 Å². The van der Waals surface area contributed by atoms with Crippen LogP contribution in [0.3, 0.4) is 0 Å². The van der Waals surface area contributed by atoms with Crippen molar-refractivity contribution < 1.29 is 34.0 Å². The third-order valence-corrected chi connectivity index (χ3v) is 2.64. The van der Waals surface area contributed by atoms with Crippen molar-refractivity contribution in [3.05, 3.63) is 0 Å². The molecule has 0 aromatic carbocycles. The number of alkyl halides is 1. The van der Waals surface area contributed by atoms with Crippen molar-refractivity contribution in [3.63, 3.8) is 0 Å². The minimum absolute atomic E-state index is 0.0668. The number of carbonyl (C=O) groups excluding carboxylic acids is 1. The first-order valence-corrected chi connectivity index (χ1v) is 5.39. The summed E-state index contributed by atoms with van der Waals surface area (Å²) in [5, 5.41) is 28.5. The van der Waals surface area contributed by atoms with Crippen molar-refractivity contribution in [1.29, 1.82) is 0 Å². The van der Waals surface area contributed by atoms with E-state index < -0.39 is 42.8 Å². The maximum Gasteiger partial charge on any atom is 0.305 e. The zero-order valence-electron chi connectivity index (χ0n) is 9.62. The van der Waals surface area contributed by atoms with E-state index in [1.807, 2.05) is 0 Å². The lowest BCUT2D eigenvalue weighted by Crippen LogP contribution is -2.60. The molecule has 0 bridgehead atoms. The minimum atomic E-state index is -1.62. The van der Waals surface area contributed by atoms with Crippen LogP contribution in [-0.4, -0.2) is 58.2 Å². The van der Waals surface area contributed by atoms with Crippen LogP contribution in [0.25, 0.3) is 0 Å². The van der Waals surface area contributed by atoms with Gasteiger partial charge in [0.05, 0.1) is 0 Å². The van der Waals surface area contributed by atoms with E-state index in [2.05, 4.69) is 4.74 Å². The third-order valence-electron chi connectivity index (χ3n) is 2.64. The van der Waals surface area contributed by atoms with Crippen LogP contribution in [0.15, 0.2) is 0 Å². The Bertz CT molecular complexity index is 274. The monoisotopic (exact) mass is 252 g/mol. The van der Waals surface area contributed by atoms with E-state index in [-0.39, 0.29) is 6.42 Å². The molecule has 0 aliphatic carbocycles. The summed E-state index contributed by atoms with van der Waals surface area (Å²) in [4.78, 5) is 10.7. The minimum Gasteiger partial charge on any atom is -0.433 e. The number of carbonyl (C=O) groups is 1. The van der Waals surface area contributed by atoms with Gasteiger partial charge in [0, 0.05) is 6.92 Å². The molecule has 100 valence electrons. The van der Waals surface area contributed by atoms with Crippen LogP contribution in [0.5, 0.6) is 0 Å². The molecule has 0 amide bonds. The zero-order chi connectivity index (χ0) is 13.2. The Morgan fingerprint density at radius 1 is 1.35 bits per heavy atom. The van der Waals surface area contributed by atoms with E-state index in [1.165, 1.54) is 0 Å². The lowest BCUT2D eigenvalue weighted by molar-refractivity contribution is -0.296. The normalized spacial score (nSPS) is 39.8. The van der Waals surface area contributed by atoms with E-state index in [9.17, 15) is 24.5 Å². The van der Waals surface area contributed by atoms with Gasteiger partial charge in [-0.15, -0.1) is 0 Å². The van der Waals surface area contributed by atoms with Gasteiger partial charge in [0.2, 0.25) is 6.29 Å². The van der Waals surface area contributed by atoms with Gasteiger partial charge in [0.1, 0.15) is 30.6 Å². The topological polar surface area (TPSA) is 96.2 Å². The predicted octanol–water partition coefficient (Wildman–Crippen LogP) is -0.895. The molecule has 0 spiro atoms. The fraction of sp³-hybridized carbons (Fsp3) is 0.900. The number of aliphatic hydroxyl groups is 3. The average molecular weight is 252 g/mol. The van der Waals surface area contributed by atoms with Crippen LogP contribution >= 0.6 is 0 Å². The number of esters is 1. The fourth-order valence-electron chi connectivity index (χ4n) is 1.67. The highest BCUT2D eigenvalue weighted by atomic mass is 19.1. The third kappa shape index (κ3) is 3.12. The summed E-state index contributed by atoms with van der Waals surface area (Å²) >= 11 is 0. The molecular formula is C10H17FO6. The van der Waals surface area contributed by atoms with Gasteiger partial charge in [-0.05, 0) is 6.42 Å². The Balaban J connectivity index is 2.78. The van der Waals surface area contributed by atoms with Gasteiger partial charge in [-0.1, -0.05) is 6.92 Å². The van der Waals surface area contributed by atoms with Gasteiger partial charge < -0.3 is 24.8 Å². The largest absolute Gasteiger partial charge is 0.433 e. The summed E-state index contributed by atoms with van der Waals surface area (Å²) < 4.78 is 23.0. The van der Waals surface area contributed by atoms with Crippen LogP contribution < -0.4 is 0 Å². The van der Waals surface area contributed by atoms with E-state index in [0.717, 1.165) is 6.92 Å². The molecule has 17 heavy (non-hydrogen) atoms. The van der Waals surface area contributed by atoms with Gasteiger partial charge in [-0.2, -0.15) is 0 Å². The molecule has 0 radical (unpaired) electrons. The lowest BCUT2D eigenvalue weighted by Gasteiger charge is -2.40. The zero-order valence-corrected chi connectivity index (χ0v) is 9.62. The van der Waals surface area contributed by atoms with E-state index >= 15 is 0 Å². The first-order chi connectivity index (χ1) is 7.88. The SMILES string of the molecule is CC[C@H](F)C1OC(OC(C)=O)C(O)[C@@H](O)[C@@H]1O. The Morgan fingerprint density at radius 2 is 1.94 bits per heavy atom. The van der Waals surface area contributed by atoms with Crippen molar-refractivity contribution >= 4 is 5.97 Å². The molecule has 1 rings (SSSR count). The quantitative estimate of drug-likeness (QED) is 0.564. The molecule has 0 aromatic heterocycles. The molecule has 6 atom stereocenters. The van der Waals surface area contributed by atoms with Crippen molar-refractivity contribution in [2.45, 2.75) is 57.1 Å². The molecule has 3 N–H and O–H groups in total. The first kappa shape index (κ1) is 14.3. The second kappa shape index (κ2) is 5.72. The lowest BCUT2D eigenvalue weighted by atomic mass is 9.95. The smallest absolute Gasteiger partial charge is 0.305 e. The number of ether oxygens (including phenoxy) is 2. The highest BCUT2D eigenvalue weighted by molar-refractivity contribution is 5.66. The molecule has 7 heteroatoms. The maximum atomic E-state index is 13.5. The summed E-state index contributed by atoms with van der Waals surface area (Å²) in [6.07, 6.45) is -9.05. The van der Waals surface area contributed by atoms with E-state index in [0.29, 0.717) is 0 Å². The highest BCUT2D eigenvalue weighted by Gasteiger charge is 2.47. The van der Waals surface area contributed by atoms with Crippen LogP contribution in [0, 0.1) is 0 Å². The van der Waals surface area contributed by atoms with E-state index in [4.69, 9.17) is 4.74 Å². The Labute approximate surface area is 98.0 Å². The molecule has 0 saturated carbocycles. The number of hydrogen-bond acceptors (Lipinski definition) is 6. The van der Waals surface area contributed by atoms with Crippen LogP contribution in [0.2, 0.25) is 0 Å². The Hall–Kier alpha value is -0.760. The second-order valence-corrected chi connectivity index (χ2v) is 3.97. The van der Waals surface area contributed by atoms with Crippen molar-refractivity contribution in [3.8, 4) is 0 Å². The molecule has 0 aromatic rings. The van der Waals surface area contributed by atoms with Gasteiger partial charge in [-0.25, -0.2) is 4.39 Å². The number of halogens is 1. The summed E-state index contributed by atoms with van der Waals surface area (Å²) in [6.45, 7) is 2.63. The summed E-state index contributed by atoms with van der Waals surface area (Å²) in [6, 6.07) is 0. The molecule has 1 aliphatic rings. The van der Waals surface area contributed by atoms with Gasteiger partial charge >= 0.3 is 5.97 Å². The van der Waals surface area contributed by atoms with Gasteiger partial charge in [-0.3, -0.25) is 4.79 Å². The van der Waals surface area contributed by atoms with Crippen molar-refractivity contribution in [1.82, 2.24) is 0 Å². The Kier molecular flexibility index (Phi) is 4.81. The molecular weight excluding hydrogens is 235 g/mol. The fourth-order valence-corrected chi connectivity index (χ4v) is 1.67. The summed E-state index contributed by atoms with van der Waals surface area (Å²) in [5.74, 6) is -0.733. The average Bonchev–Trinajstić information content (AvgIpc) is 2.28. The summed E-state index contributed by atoms with van der Waals surface area (Å²) in [5.41, 5.74) is 0. The molecule has 1 saturated heterocycles. The first-order valence-electron chi connectivity index (χ1n) is 5.39. The van der Waals surface area contributed by atoms with Gasteiger partial charge in [0.25, 0.3) is 0 Å². The molecule has 1 fully saturated rings. The van der Waals surface area contributed by atoms with Gasteiger partial charge in [0.15, 0.2) is 0 Å². The number of hydrogen-bond donors (Lipinski definition) is 3. The Morgan fingerprint density at radius 3 is 2.41 bits per heavy atom. The highest BCUT2D eigenvalue weighted by Crippen LogP contribution is 2.26. The molecule has 1 aliphatic heterocycles. The second-order valence-electron chi connectivity index (χ2n) is 3.97. The van der Waals surface area contributed by atoms with Crippen molar-refractivity contribution in [2.75, 3.05) is 0 Å². The predicted molar refractivity (Wildman–Crippen MR) is 53.6 cm³/mol. The number of aliphatic hydroxyl groups excluding tert-OH is 3. The standard InChI is InChI=1S/C10H17FO6/c1-3-5(11)9-7(14)6(13)8(15)10(17-9)16-4(2)12/h5-10,13-15H,3H2,1-2H3/t5-,6-,7-,8?,9?,10?/m0/s1. The molecule has 6 nitrogen and oxygen atoms in total. The maximum absolute atomic E-state index is 13.5. The van der Waals surface area contributed by atoms with Crippen molar-refractivity contribution in [2.24, 2.45) is 0 Å².